The van der Waals surface area contributed by atoms with E-state index in [4.69, 9.17) is 21.1 Å². The van der Waals surface area contributed by atoms with Crippen LogP contribution in [0.25, 0.3) is 0 Å². The molecule has 1 unspecified atom stereocenters. The topological polar surface area (TPSA) is 59.6 Å². The Morgan fingerprint density at radius 1 is 1.23 bits per heavy atom. The molecule has 26 heavy (non-hydrogen) atoms. The molecular formula is C20H23ClN2O3. The number of fused-ring (bicyclic) bond motifs is 1. The van der Waals surface area contributed by atoms with Crippen LogP contribution in [0.3, 0.4) is 0 Å². The predicted molar refractivity (Wildman–Crippen MR) is 103 cm³/mol. The summed E-state index contributed by atoms with van der Waals surface area (Å²) in [6.07, 6.45) is 0.847. The van der Waals surface area contributed by atoms with Gasteiger partial charge in [0, 0.05) is 31.6 Å². The summed E-state index contributed by atoms with van der Waals surface area (Å²) < 4.78 is 11.4. The van der Waals surface area contributed by atoms with E-state index in [2.05, 4.69) is 17.6 Å². The Morgan fingerprint density at radius 2 is 2.04 bits per heavy atom. The number of ether oxygens (including phenoxy) is 2. The Bertz CT molecular complexity index is 795. The number of anilines is 1. The third-order valence-electron chi connectivity index (χ3n) is 4.18. The van der Waals surface area contributed by atoms with Gasteiger partial charge in [0.2, 0.25) is 5.91 Å². The van der Waals surface area contributed by atoms with Gasteiger partial charge in [-0.3, -0.25) is 4.79 Å². The molecule has 0 bridgehead atoms. The quantitative estimate of drug-likeness (QED) is 0.818. The van der Waals surface area contributed by atoms with Gasteiger partial charge < -0.3 is 20.1 Å². The number of benzene rings is 2. The Labute approximate surface area is 158 Å². The SMILES string of the molecule is CC(=O)Nc1cccc(C(C)NCc2cc(Cl)c3c(c2)OCCCO3)c1. The number of rotatable bonds is 5. The fraction of sp³-hybridized carbons (Fsp3) is 0.350. The zero-order valence-corrected chi connectivity index (χ0v) is 15.7. The third kappa shape index (κ3) is 4.68. The molecule has 2 aromatic rings. The maximum Gasteiger partial charge on any atom is 0.221 e. The standard InChI is InChI=1S/C20H23ClN2O3/c1-13(16-5-3-6-17(11-16)23-14(2)24)22-12-15-9-18(21)20-19(10-15)25-7-4-8-26-20/h3,5-6,9-11,13,22H,4,7-8,12H2,1-2H3,(H,23,24). The molecule has 0 saturated heterocycles. The van der Waals surface area contributed by atoms with Gasteiger partial charge in [-0.25, -0.2) is 0 Å². The van der Waals surface area contributed by atoms with Crippen molar-refractivity contribution in [3.63, 3.8) is 0 Å². The highest BCUT2D eigenvalue weighted by Crippen LogP contribution is 2.38. The van der Waals surface area contributed by atoms with E-state index in [1.807, 2.05) is 36.4 Å². The van der Waals surface area contributed by atoms with E-state index < -0.39 is 0 Å². The predicted octanol–water partition coefficient (Wildman–Crippen LogP) is 4.31. The fourth-order valence-electron chi connectivity index (χ4n) is 2.86. The minimum Gasteiger partial charge on any atom is -0.489 e. The average molecular weight is 375 g/mol. The van der Waals surface area contributed by atoms with Gasteiger partial charge in [0.25, 0.3) is 0 Å². The molecule has 138 valence electrons. The van der Waals surface area contributed by atoms with E-state index in [-0.39, 0.29) is 11.9 Å². The molecule has 2 N–H and O–H groups in total. The lowest BCUT2D eigenvalue weighted by molar-refractivity contribution is -0.114. The summed E-state index contributed by atoms with van der Waals surface area (Å²) in [7, 11) is 0. The normalized spacial score (nSPS) is 14.4. The van der Waals surface area contributed by atoms with Gasteiger partial charge in [-0.2, -0.15) is 0 Å². The number of halogens is 1. The summed E-state index contributed by atoms with van der Waals surface area (Å²) in [5.74, 6) is 1.25. The highest BCUT2D eigenvalue weighted by molar-refractivity contribution is 6.32. The molecular weight excluding hydrogens is 352 g/mol. The molecule has 0 aromatic heterocycles. The second kappa shape index (κ2) is 8.43. The van der Waals surface area contributed by atoms with Crippen molar-refractivity contribution in [3.8, 4) is 11.5 Å². The molecule has 6 heteroatoms. The van der Waals surface area contributed by atoms with E-state index in [1.54, 1.807) is 0 Å². The highest BCUT2D eigenvalue weighted by atomic mass is 35.5. The number of nitrogens with one attached hydrogen (secondary N) is 2. The summed E-state index contributed by atoms with van der Waals surface area (Å²) in [4.78, 5) is 11.2. The highest BCUT2D eigenvalue weighted by Gasteiger charge is 2.16. The minimum atomic E-state index is -0.0791. The maximum absolute atomic E-state index is 11.2. The Kier molecular flexibility index (Phi) is 6.01. The van der Waals surface area contributed by atoms with E-state index >= 15 is 0 Å². The van der Waals surface area contributed by atoms with Crippen LogP contribution >= 0.6 is 11.6 Å². The molecule has 0 radical (unpaired) electrons. The zero-order chi connectivity index (χ0) is 18.5. The van der Waals surface area contributed by atoms with Crippen LogP contribution in [-0.2, 0) is 11.3 Å². The van der Waals surface area contributed by atoms with Gasteiger partial charge in [-0.15, -0.1) is 0 Å². The third-order valence-corrected chi connectivity index (χ3v) is 4.46. The van der Waals surface area contributed by atoms with Crippen molar-refractivity contribution in [3.05, 3.63) is 52.5 Å². The number of hydrogen-bond donors (Lipinski definition) is 2. The second-order valence-corrected chi connectivity index (χ2v) is 6.77. The van der Waals surface area contributed by atoms with Crippen LogP contribution in [0.4, 0.5) is 5.69 Å². The Morgan fingerprint density at radius 3 is 2.85 bits per heavy atom. The van der Waals surface area contributed by atoms with Gasteiger partial charge in [0.05, 0.1) is 18.2 Å². The number of hydrogen-bond acceptors (Lipinski definition) is 4. The van der Waals surface area contributed by atoms with Crippen LogP contribution in [-0.4, -0.2) is 19.1 Å². The summed E-state index contributed by atoms with van der Waals surface area (Å²) in [5.41, 5.74) is 2.92. The molecule has 1 aliphatic rings. The van der Waals surface area contributed by atoms with Crippen molar-refractivity contribution in [2.75, 3.05) is 18.5 Å². The first-order valence-electron chi connectivity index (χ1n) is 8.72. The molecule has 1 amide bonds. The van der Waals surface area contributed by atoms with Crippen LogP contribution in [0.1, 0.15) is 37.4 Å². The van der Waals surface area contributed by atoms with Crippen LogP contribution < -0.4 is 20.1 Å². The van der Waals surface area contributed by atoms with E-state index in [1.165, 1.54) is 6.92 Å². The van der Waals surface area contributed by atoms with Gasteiger partial charge >= 0.3 is 0 Å². The molecule has 1 heterocycles. The molecule has 0 aliphatic carbocycles. The molecule has 0 fully saturated rings. The van der Waals surface area contributed by atoms with Crippen molar-refractivity contribution in [1.82, 2.24) is 5.32 Å². The summed E-state index contributed by atoms with van der Waals surface area (Å²) >= 11 is 6.35. The lowest BCUT2D eigenvalue weighted by Gasteiger charge is -2.17. The molecule has 5 nitrogen and oxygen atoms in total. The largest absolute Gasteiger partial charge is 0.489 e. The second-order valence-electron chi connectivity index (χ2n) is 6.36. The number of carbonyl (C=O) groups is 1. The van der Waals surface area contributed by atoms with Crippen molar-refractivity contribution in [2.24, 2.45) is 0 Å². The van der Waals surface area contributed by atoms with Crippen LogP contribution in [0.5, 0.6) is 11.5 Å². The van der Waals surface area contributed by atoms with Crippen molar-refractivity contribution < 1.29 is 14.3 Å². The first kappa shape index (κ1) is 18.5. The molecule has 0 spiro atoms. The molecule has 1 aliphatic heterocycles. The minimum absolute atomic E-state index is 0.0791. The number of amides is 1. The lowest BCUT2D eigenvalue weighted by atomic mass is 10.1. The Hall–Kier alpha value is -2.24. The van der Waals surface area contributed by atoms with E-state index in [0.717, 1.165) is 23.2 Å². The van der Waals surface area contributed by atoms with Gasteiger partial charge in [0.15, 0.2) is 11.5 Å². The molecule has 3 rings (SSSR count). The van der Waals surface area contributed by atoms with Crippen molar-refractivity contribution in [2.45, 2.75) is 32.9 Å². The summed E-state index contributed by atoms with van der Waals surface area (Å²) in [6, 6.07) is 11.8. The summed E-state index contributed by atoms with van der Waals surface area (Å²) in [6.45, 7) is 5.47. The first-order chi connectivity index (χ1) is 12.5. The van der Waals surface area contributed by atoms with E-state index in [9.17, 15) is 4.79 Å². The fourth-order valence-corrected chi connectivity index (χ4v) is 3.15. The van der Waals surface area contributed by atoms with E-state index in [0.29, 0.717) is 36.3 Å². The van der Waals surface area contributed by atoms with Gasteiger partial charge in [0.1, 0.15) is 0 Å². The first-order valence-corrected chi connectivity index (χ1v) is 9.09. The monoisotopic (exact) mass is 374 g/mol. The molecule has 0 saturated carbocycles. The smallest absolute Gasteiger partial charge is 0.221 e. The van der Waals surface area contributed by atoms with Gasteiger partial charge in [-0.1, -0.05) is 23.7 Å². The molecule has 1 atom stereocenters. The Balaban J connectivity index is 1.68. The van der Waals surface area contributed by atoms with Crippen molar-refractivity contribution in [1.29, 1.82) is 0 Å². The maximum atomic E-state index is 11.2. The average Bonchev–Trinajstić information content (AvgIpc) is 2.85. The summed E-state index contributed by atoms with van der Waals surface area (Å²) in [5, 5.41) is 6.86. The molecule has 2 aromatic carbocycles. The lowest BCUT2D eigenvalue weighted by Crippen LogP contribution is -2.18. The zero-order valence-electron chi connectivity index (χ0n) is 15.0. The van der Waals surface area contributed by atoms with Crippen LogP contribution in [0, 0.1) is 0 Å². The van der Waals surface area contributed by atoms with Crippen molar-refractivity contribution >= 4 is 23.2 Å². The van der Waals surface area contributed by atoms with Gasteiger partial charge in [-0.05, 0) is 42.3 Å². The van der Waals surface area contributed by atoms with Crippen LogP contribution in [0.2, 0.25) is 5.02 Å². The number of carbonyl (C=O) groups excluding carboxylic acids is 1. The van der Waals surface area contributed by atoms with Crippen LogP contribution in [0.15, 0.2) is 36.4 Å².